The van der Waals surface area contributed by atoms with Gasteiger partial charge in [0.25, 0.3) is 0 Å². The highest BCUT2D eigenvalue weighted by atomic mass is 16.5. The van der Waals surface area contributed by atoms with Gasteiger partial charge in [0.1, 0.15) is 6.04 Å². The summed E-state index contributed by atoms with van der Waals surface area (Å²) in [5, 5.41) is 0. The Hall–Kier alpha value is -1.10. The number of carbonyl (C=O) groups excluding carboxylic acids is 2. The molecule has 1 amide bonds. The molecule has 5 nitrogen and oxygen atoms in total. The zero-order chi connectivity index (χ0) is 15.2. The Bertz CT molecular complexity index is 373. The van der Waals surface area contributed by atoms with Gasteiger partial charge >= 0.3 is 5.97 Å². The molecule has 0 aromatic carbocycles. The van der Waals surface area contributed by atoms with Gasteiger partial charge in [0.05, 0.1) is 13.2 Å². The summed E-state index contributed by atoms with van der Waals surface area (Å²) in [6.45, 7) is 6.42. The summed E-state index contributed by atoms with van der Waals surface area (Å²) < 4.78 is 5.12. The molecule has 0 radical (unpaired) electrons. The van der Waals surface area contributed by atoms with Crippen LogP contribution in [-0.4, -0.2) is 60.0 Å². The van der Waals surface area contributed by atoms with E-state index in [0.717, 1.165) is 45.2 Å². The topological polar surface area (TPSA) is 49.9 Å². The Morgan fingerprint density at radius 2 is 1.90 bits per heavy atom. The average Bonchev–Trinajstić information content (AvgIpc) is 2.95. The van der Waals surface area contributed by atoms with Gasteiger partial charge in [-0.3, -0.25) is 14.5 Å². The molecule has 2 aliphatic rings. The minimum absolute atomic E-state index is 0.173. The zero-order valence-corrected chi connectivity index (χ0v) is 13.3. The van der Waals surface area contributed by atoms with Gasteiger partial charge in [-0.15, -0.1) is 0 Å². The Balaban J connectivity index is 1.93. The largest absolute Gasteiger partial charge is 0.465 e. The minimum Gasteiger partial charge on any atom is -0.465 e. The second-order valence-electron chi connectivity index (χ2n) is 6.03. The maximum absolute atomic E-state index is 12.6. The number of amides is 1. The fraction of sp³-hybridized carbons (Fsp3) is 0.875. The number of hydrogen-bond acceptors (Lipinski definition) is 4. The van der Waals surface area contributed by atoms with E-state index in [2.05, 4.69) is 6.92 Å². The molecule has 0 saturated carbocycles. The van der Waals surface area contributed by atoms with E-state index in [9.17, 15) is 9.59 Å². The first kappa shape index (κ1) is 16.3. The van der Waals surface area contributed by atoms with E-state index in [1.54, 1.807) is 0 Å². The number of piperidine rings is 1. The number of nitrogens with zero attached hydrogens (tertiary/aromatic N) is 2. The number of carbonyl (C=O) groups is 2. The van der Waals surface area contributed by atoms with Gasteiger partial charge in [-0.1, -0.05) is 6.92 Å². The van der Waals surface area contributed by atoms with Crippen molar-refractivity contribution in [2.75, 3.05) is 26.2 Å². The van der Waals surface area contributed by atoms with Crippen LogP contribution in [0.2, 0.25) is 0 Å². The lowest BCUT2D eigenvalue weighted by Gasteiger charge is -2.36. The highest BCUT2D eigenvalue weighted by Crippen LogP contribution is 2.22. The van der Waals surface area contributed by atoms with E-state index >= 15 is 0 Å². The maximum atomic E-state index is 12.6. The van der Waals surface area contributed by atoms with E-state index in [-0.39, 0.29) is 17.9 Å². The van der Waals surface area contributed by atoms with Gasteiger partial charge in [0.15, 0.2) is 0 Å². The molecule has 2 saturated heterocycles. The average molecular weight is 296 g/mol. The van der Waals surface area contributed by atoms with Crippen molar-refractivity contribution in [2.45, 2.75) is 64.5 Å². The molecule has 120 valence electrons. The number of ether oxygens (including phenoxy) is 1. The van der Waals surface area contributed by atoms with Crippen LogP contribution in [0.5, 0.6) is 0 Å². The van der Waals surface area contributed by atoms with Crippen LogP contribution in [0.4, 0.5) is 0 Å². The third-order valence-electron chi connectivity index (χ3n) is 4.68. The SMILES string of the molecule is CCOC(=O)C1CCCN1CC(=O)N1CCCCC1CC. The smallest absolute Gasteiger partial charge is 0.323 e. The maximum Gasteiger partial charge on any atom is 0.323 e. The molecular weight excluding hydrogens is 268 g/mol. The van der Waals surface area contributed by atoms with Crippen molar-refractivity contribution in [1.29, 1.82) is 0 Å². The fourth-order valence-corrected chi connectivity index (χ4v) is 3.54. The Morgan fingerprint density at radius 3 is 2.62 bits per heavy atom. The summed E-state index contributed by atoms with van der Waals surface area (Å²) in [6.07, 6.45) is 6.23. The molecule has 0 spiro atoms. The van der Waals surface area contributed by atoms with E-state index < -0.39 is 0 Å². The van der Waals surface area contributed by atoms with E-state index in [4.69, 9.17) is 4.74 Å². The van der Waals surface area contributed by atoms with Crippen molar-refractivity contribution in [1.82, 2.24) is 9.80 Å². The van der Waals surface area contributed by atoms with Gasteiger partial charge in [0.2, 0.25) is 5.91 Å². The Kier molecular flexibility index (Phi) is 6.03. The number of rotatable bonds is 5. The lowest BCUT2D eigenvalue weighted by Crippen LogP contribution is -2.49. The van der Waals surface area contributed by atoms with Crippen molar-refractivity contribution in [2.24, 2.45) is 0 Å². The van der Waals surface area contributed by atoms with Crippen molar-refractivity contribution in [3.05, 3.63) is 0 Å². The normalized spacial score (nSPS) is 26.9. The third kappa shape index (κ3) is 3.96. The van der Waals surface area contributed by atoms with Crippen molar-refractivity contribution in [3.8, 4) is 0 Å². The van der Waals surface area contributed by atoms with Crippen LogP contribution in [0.15, 0.2) is 0 Å². The summed E-state index contributed by atoms with van der Waals surface area (Å²) in [4.78, 5) is 28.6. The lowest BCUT2D eigenvalue weighted by atomic mass is 10.00. The summed E-state index contributed by atoms with van der Waals surface area (Å²) in [7, 11) is 0. The molecule has 5 heteroatoms. The molecule has 2 aliphatic heterocycles. The first-order valence-corrected chi connectivity index (χ1v) is 8.37. The lowest BCUT2D eigenvalue weighted by molar-refractivity contribution is -0.149. The molecule has 2 heterocycles. The molecule has 0 N–H and O–H groups in total. The molecule has 2 unspecified atom stereocenters. The summed E-state index contributed by atoms with van der Waals surface area (Å²) in [6, 6.07) is 0.161. The van der Waals surface area contributed by atoms with Crippen LogP contribution in [-0.2, 0) is 14.3 Å². The van der Waals surface area contributed by atoms with Gasteiger partial charge in [-0.25, -0.2) is 0 Å². The predicted octanol–water partition coefficient (Wildman–Crippen LogP) is 1.80. The first-order chi connectivity index (χ1) is 10.2. The quantitative estimate of drug-likeness (QED) is 0.726. The van der Waals surface area contributed by atoms with Crippen LogP contribution in [0.25, 0.3) is 0 Å². The molecular formula is C16H28N2O3. The second kappa shape index (κ2) is 7.78. The number of likely N-dealkylation sites (tertiary alicyclic amines) is 2. The van der Waals surface area contributed by atoms with Crippen LogP contribution in [0, 0.1) is 0 Å². The summed E-state index contributed by atoms with van der Waals surface area (Å²) >= 11 is 0. The Labute approximate surface area is 127 Å². The highest BCUT2D eigenvalue weighted by molar-refractivity contribution is 5.81. The highest BCUT2D eigenvalue weighted by Gasteiger charge is 2.35. The van der Waals surface area contributed by atoms with E-state index in [1.165, 1.54) is 6.42 Å². The Morgan fingerprint density at radius 1 is 1.10 bits per heavy atom. The van der Waals surface area contributed by atoms with Crippen molar-refractivity contribution in [3.63, 3.8) is 0 Å². The molecule has 21 heavy (non-hydrogen) atoms. The molecule has 2 fully saturated rings. The molecule has 0 bridgehead atoms. The molecule has 0 aromatic rings. The third-order valence-corrected chi connectivity index (χ3v) is 4.68. The van der Waals surface area contributed by atoms with Gasteiger partial charge in [-0.2, -0.15) is 0 Å². The molecule has 2 atom stereocenters. The van der Waals surface area contributed by atoms with Gasteiger partial charge in [0, 0.05) is 12.6 Å². The van der Waals surface area contributed by atoms with Crippen LogP contribution in [0.1, 0.15) is 52.4 Å². The van der Waals surface area contributed by atoms with Crippen molar-refractivity contribution < 1.29 is 14.3 Å². The van der Waals surface area contributed by atoms with Crippen LogP contribution >= 0.6 is 0 Å². The first-order valence-electron chi connectivity index (χ1n) is 8.37. The molecule has 2 rings (SSSR count). The number of esters is 1. The van der Waals surface area contributed by atoms with Gasteiger partial charge < -0.3 is 9.64 Å². The zero-order valence-electron chi connectivity index (χ0n) is 13.3. The molecule has 0 aromatic heterocycles. The summed E-state index contributed by atoms with van der Waals surface area (Å²) in [5.41, 5.74) is 0. The predicted molar refractivity (Wildman–Crippen MR) is 80.9 cm³/mol. The second-order valence-corrected chi connectivity index (χ2v) is 6.03. The minimum atomic E-state index is -0.223. The monoisotopic (exact) mass is 296 g/mol. The van der Waals surface area contributed by atoms with Crippen LogP contribution in [0.3, 0.4) is 0 Å². The molecule has 0 aliphatic carbocycles. The van der Waals surface area contributed by atoms with Gasteiger partial charge in [-0.05, 0) is 52.0 Å². The standard InChI is InChI=1S/C16H28N2O3/c1-3-13-8-5-6-11-18(13)15(19)12-17-10-7-9-14(17)16(20)21-4-2/h13-14H,3-12H2,1-2H3. The fourth-order valence-electron chi connectivity index (χ4n) is 3.54. The summed E-state index contributed by atoms with van der Waals surface area (Å²) in [5.74, 6) is 0.00577. The van der Waals surface area contributed by atoms with Crippen molar-refractivity contribution >= 4 is 11.9 Å². The van der Waals surface area contributed by atoms with E-state index in [0.29, 0.717) is 19.2 Å². The van der Waals surface area contributed by atoms with E-state index in [1.807, 2.05) is 16.7 Å². The van der Waals surface area contributed by atoms with Crippen LogP contribution < -0.4 is 0 Å². The number of hydrogen-bond donors (Lipinski definition) is 0.